The molecule has 1 saturated carbocycles. The van der Waals surface area contributed by atoms with Crippen molar-refractivity contribution in [1.29, 1.82) is 0 Å². The highest BCUT2D eigenvalue weighted by Gasteiger charge is 2.38. The first-order valence-corrected chi connectivity index (χ1v) is 6.75. The third-order valence-corrected chi connectivity index (χ3v) is 4.06. The number of aliphatic carboxylic acids is 1. The van der Waals surface area contributed by atoms with Crippen LogP contribution in [0.5, 0.6) is 0 Å². The van der Waals surface area contributed by atoms with E-state index in [4.69, 9.17) is 0 Å². The molecule has 0 amide bonds. The maximum atomic E-state index is 11.4. The van der Waals surface area contributed by atoms with Crippen LogP contribution in [0, 0.1) is 0 Å². The van der Waals surface area contributed by atoms with Crippen LogP contribution in [0.15, 0.2) is 0 Å². The summed E-state index contributed by atoms with van der Waals surface area (Å²) >= 11 is 0. The average molecular weight is 243 g/mol. The smallest absolute Gasteiger partial charge is 0.323 e. The second-order valence-corrected chi connectivity index (χ2v) is 5.05. The first kappa shape index (κ1) is 14.5. The molecule has 1 fully saturated rings. The molecular formula is C13H25NO3. The van der Waals surface area contributed by atoms with Gasteiger partial charge in [-0.1, -0.05) is 33.1 Å². The molecule has 0 aromatic heterocycles. The van der Waals surface area contributed by atoms with Crippen molar-refractivity contribution >= 4 is 5.97 Å². The summed E-state index contributed by atoms with van der Waals surface area (Å²) in [5.74, 6) is -0.807. The largest absolute Gasteiger partial charge is 0.480 e. The van der Waals surface area contributed by atoms with Crippen LogP contribution in [0.4, 0.5) is 0 Å². The van der Waals surface area contributed by atoms with Gasteiger partial charge in [0.15, 0.2) is 0 Å². The lowest BCUT2D eigenvalue weighted by Crippen LogP contribution is -2.58. The molecule has 3 N–H and O–H groups in total. The lowest BCUT2D eigenvalue weighted by atomic mass is 9.90. The van der Waals surface area contributed by atoms with Gasteiger partial charge in [-0.2, -0.15) is 0 Å². The molecule has 0 aromatic rings. The van der Waals surface area contributed by atoms with Crippen LogP contribution in [-0.2, 0) is 4.79 Å². The molecule has 0 bridgehead atoms. The molecule has 1 aliphatic rings. The van der Waals surface area contributed by atoms with Crippen molar-refractivity contribution in [2.45, 2.75) is 76.5 Å². The van der Waals surface area contributed by atoms with E-state index in [1.807, 2.05) is 13.8 Å². The molecule has 100 valence electrons. The van der Waals surface area contributed by atoms with Gasteiger partial charge in [-0.05, 0) is 25.7 Å². The van der Waals surface area contributed by atoms with Crippen molar-refractivity contribution in [2.24, 2.45) is 0 Å². The second-order valence-electron chi connectivity index (χ2n) is 5.05. The van der Waals surface area contributed by atoms with Gasteiger partial charge >= 0.3 is 5.97 Å². The van der Waals surface area contributed by atoms with Crippen molar-refractivity contribution < 1.29 is 15.0 Å². The average Bonchev–Trinajstić information content (AvgIpc) is 2.51. The molecule has 1 aliphatic carbocycles. The van der Waals surface area contributed by atoms with E-state index in [1.165, 1.54) is 0 Å². The molecule has 0 spiro atoms. The van der Waals surface area contributed by atoms with Gasteiger partial charge in [0.1, 0.15) is 5.54 Å². The van der Waals surface area contributed by atoms with Crippen molar-refractivity contribution in [3.8, 4) is 0 Å². The zero-order valence-corrected chi connectivity index (χ0v) is 10.9. The van der Waals surface area contributed by atoms with Crippen molar-refractivity contribution in [2.75, 3.05) is 0 Å². The predicted octanol–water partition coefficient (Wildman–Crippen LogP) is 1.91. The van der Waals surface area contributed by atoms with E-state index >= 15 is 0 Å². The highest BCUT2D eigenvalue weighted by atomic mass is 16.4. The normalized spacial score (nSPS) is 26.5. The highest BCUT2D eigenvalue weighted by Crippen LogP contribution is 2.23. The number of rotatable bonds is 5. The lowest BCUT2D eigenvalue weighted by molar-refractivity contribution is -0.146. The minimum atomic E-state index is -0.879. The van der Waals surface area contributed by atoms with E-state index in [9.17, 15) is 15.0 Å². The summed E-state index contributed by atoms with van der Waals surface area (Å²) in [7, 11) is 0. The number of nitrogens with one attached hydrogen (secondary N) is 1. The molecule has 4 heteroatoms. The third kappa shape index (κ3) is 3.42. The Labute approximate surface area is 103 Å². The summed E-state index contributed by atoms with van der Waals surface area (Å²) in [6.07, 6.45) is 5.57. The maximum absolute atomic E-state index is 11.4. The summed E-state index contributed by atoms with van der Waals surface area (Å²) in [6, 6.07) is -0.0755. The molecular weight excluding hydrogens is 218 g/mol. The number of carbonyl (C=O) groups is 1. The third-order valence-electron chi connectivity index (χ3n) is 4.06. The molecule has 0 radical (unpaired) electrons. The van der Waals surface area contributed by atoms with Crippen LogP contribution in [-0.4, -0.2) is 33.9 Å². The van der Waals surface area contributed by atoms with Gasteiger partial charge in [-0.25, -0.2) is 0 Å². The van der Waals surface area contributed by atoms with Gasteiger partial charge in [0, 0.05) is 6.04 Å². The van der Waals surface area contributed by atoms with E-state index in [0.717, 1.165) is 32.1 Å². The Morgan fingerprint density at radius 3 is 2.35 bits per heavy atom. The summed E-state index contributed by atoms with van der Waals surface area (Å²) in [6.45, 7) is 3.77. The van der Waals surface area contributed by atoms with Crippen molar-refractivity contribution in [3.63, 3.8) is 0 Å². The standard InChI is InChI=1S/C13H25NO3/c1-3-13(4-2,12(16)17)14-10-8-6-5-7-9-11(10)15/h10-11,14-15H,3-9H2,1-2H3,(H,16,17). The molecule has 17 heavy (non-hydrogen) atoms. The predicted molar refractivity (Wildman–Crippen MR) is 67.0 cm³/mol. The van der Waals surface area contributed by atoms with Crippen LogP contribution in [0.2, 0.25) is 0 Å². The number of carboxylic acids is 1. The monoisotopic (exact) mass is 243 g/mol. The Morgan fingerprint density at radius 2 is 1.82 bits per heavy atom. The molecule has 0 aromatic carbocycles. The number of aliphatic hydroxyl groups is 1. The van der Waals surface area contributed by atoms with E-state index in [-0.39, 0.29) is 6.04 Å². The Kier molecular flexibility index (Phi) is 5.40. The maximum Gasteiger partial charge on any atom is 0.323 e. The second kappa shape index (κ2) is 6.36. The van der Waals surface area contributed by atoms with Crippen LogP contribution >= 0.6 is 0 Å². The highest BCUT2D eigenvalue weighted by molar-refractivity contribution is 5.78. The quantitative estimate of drug-likeness (QED) is 0.645. The first-order valence-electron chi connectivity index (χ1n) is 6.75. The topological polar surface area (TPSA) is 69.6 Å². The molecule has 0 saturated heterocycles. The Bertz CT molecular complexity index is 251. The number of carboxylic acid groups (broad SMARTS) is 1. The number of aliphatic hydroxyl groups excluding tert-OH is 1. The SMILES string of the molecule is CCC(CC)(NC1CCCCCC1O)C(=O)O. The zero-order valence-electron chi connectivity index (χ0n) is 10.9. The van der Waals surface area contributed by atoms with Crippen LogP contribution in [0.25, 0.3) is 0 Å². The molecule has 2 atom stereocenters. The van der Waals surface area contributed by atoms with E-state index in [2.05, 4.69) is 5.32 Å². The van der Waals surface area contributed by atoms with Crippen LogP contribution in [0.3, 0.4) is 0 Å². The molecule has 2 unspecified atom stereocenters. The lowest BCUT2D eigenvalue weighted by Gasteiger charge is -2.34. The van der Waals surface area contributed by atoms with Crippen molar-refractivity contribution in [3.05, 3.63) is 0 Å². The Morgan fingerprint density at radius 1 is 1.24 bits per heavy atom. The van der Waals surface area contributed by atoms with Gasteiger partial charge in [-0.15, -0.1) is 0 Å². The zero-order chi connectivity index (χ0) is 12.9. The molecule has 0 aliphatic heterocycles. The van der Waals surface area contributed by atoms with Gasteiger partial charge < -0.3 is 10.2 Å². The van der Waals surface area contributed by atoms with E-state index in [1.54, 1.807) is 0 Å². The fourth-order valence-corrected chi connectivity index (χ4v) is 2.63. The van der Waals surface area contributed by atoms with Crippen molar-refractivity contribution in [1.82, 2.24) is 5.32 Å². The minimum Gasteiger partial charge on any atom is -0.480 e. The number of hydrogen-bond donors (Lipinski definition) is 3. The van der Waals surface area contributed by atoms with Gasteiger partial charge in [0.05, 0.1) is 6.10 Å². The number of hydrogen-bond acceptors (Lipinski definition) is 3. The fraction of sp³-hybridized carbons (Fsp3) is 0.923. The summed E-state index contributed by atoms with van der Waals surface area (Å²) in [5.41, 5.74) is -0.879. The summed E-state index contributed by atoms with van der Waals surface area (Å²) < 4.78 is 0. The van der Waals surface area contributed by atoms with E-state index in [0.29, 0.717) is 12.8 Å². The van der Waals surface area contributed by atoms with Gasteiger partial charge in [0.2, 0.25) is 0 Å². The van der Waals surface area contributed by atoms with E-state index < -0.39 is 17.6 Å². The van der Waals surface area contributed by atoms with Gasteiger partial charge in [-0.3, -0.25) is 10.1 Å². The molecule has 0 heterocycles. The molecule has 4 nitrogen and oxygen atoms in total. The van der Waals surface area contributed by atoms with Gasteiger partial charge in [0.25, 0.3) is 0 Å². The first-order chi connectivity index (χ1) is 8.05. The summed E-state index contributed by atoms with van der Waals surface area (Å²) in [5, 5.41) is 22.6. The Balaban J connectivity index is 2.74. The summed E-state index contributed by atoms with van der Waals surface area (Å²) in [4.78, 5) is 11.4. The Hall–Kier alpha value is -0.610. The van der Waals surface area contributed by atoms with Crippen LogP contribution < -0.4 is 5.32 Å². The minimum absolute atomic E-state index is 0.0755. The molecule has 1 rings (SSSR count). The fourth-order valence-electron chi connectivity index (χ4n) is 2.63. The van der Waals surface area contributed by atoms with Crippen LogP contribution in [0.1, 0.15) is 58.8 Å².